The molecular formula is C10H12OS. The van der Waals surface area contributed by atoms with E-state index in [4.69, 9.17) is 4.74 Å². The average Bonchev–Trinajstić information content (AvgIpc) is 2.02. The van der Waals surface area contributed by atoms with Crippen LogP contribution < -0.4 is 4.74 Å². The molecule has 0 fully saturated rings. The molecule has 0 N–H and O–H groups in total. The first-order valence-corrected chi connectivity index (χ1v) is 5.07. The second-order valence-corrected chi connectivity index (χ2v) is 4.61. The van der Waals surface area contributed by atoms with Crippen molar-refractivity contribution in [2.45, 2.75) is 24.3 Å². The minimum atomic E-state index is -0.0149. The second kappa shape index (κ2) is 2.70. The molecule has 0 atom stereocenters. The van der Waals surface area contributed by atoms with Gasteiger partial charge in [0.2, 0.25) is 0 Å². The average molecular weight is 180 g/mol. The third kappa shape index (κ3) is 1.44. The number of rotatable bonds is 0. The molecule has 0 bridgehead atoms. The lowest BCUT2D eigenvalue weighted by Crippen LogP contribution is -2.33. The van der Waals surface area contributed by atoms with Crippen LogP contribution in [0.1, 0.15) is 13.8 Å². The van der Waals surface area contributed by atoms with E-state index in [1.54, 1.807) is 0 Å². The molecule has 12 heavy (non-hydrogen) atoms. The summed E-state index contributed by atoms with van der Waals surface area (Å²) in [7, 11) is 0. The van der Waals surface area contributed by atoms with Gasteiger partial charge in [0.25, 0.3) is 0 Å². The number of hydrogen-bond donors (Lipinski definition) is 0. The molecule has 0 spiro atoms. The summed E-state index contributed by atoms with van der Waals surface area (Å²) in [5.41, 5.74) is -0.0149. The fraction of sp³-hybridized carbons (Fsp3) is 0.400. The molecule has 1 aliphatic heterocycles. The third-order valence-electron chi connectivity index (χ3n) is 1.81. The third-order valence-corrected chi connectivity index (χ3v) is 3.30. The number of benzene rings is 1. The van der Waals surface area contributed by atoms with Gasteiger partial charge in [-0.25, -0.2) is 0 Å². The van der Waals surface area contributed by atoms with Gasteiger partial charge in [-0.05, 0) is 26.0 Å². The van der Waals surface area contributed by atoms with Crippen LogP contribution in [0.25, 0.3) is 0 Å². The Hall–Kier alpha value is -0.630. The maximum absolute atomic E-state index is 5.80. The van der Waals surface area contributed by atoms with E-state index in [1.807, 2.05) is 30.0 Å². The van der Waals surface area contributed by atoms with Crippen molar-refractivity contribution in [3.8, 4) is 5.75 Å². The Bertz CT molecular complexity index is 294. The molecule has 0 unspecified atom stereocenters. The van der Waals surface area contributed by atoms with E-state index in [-0.39, 0.29) is 5.60 Å². The molecule has 0 radical (unpaired) electrons. The van der Waals surface area contributed by atoms with Crippen molar-refractivity contribution in [3.05, 3.63) is 24.3 Å². The summed E-state index contributed by atoms with van der Waals surface area (Å²) in [6, 6.07) is 8.20. The molecule has 1 aliphatic rings. The van der Waals surface area contributed by atoms with Crippen molar-refractivity contribution >= 4 is 11.8 Å². The van der Waals surface area contributed by atoms with E-state index < -0.39 is 0 Å². The molecular weight excluding hydrogens is 168 g/mol. The van der Waals surface area contributed by atoms with Gasteiger partial charge in [0.15, 0.2) is 0 Å². The van der Waals surface area contributed by atoms with Crippen molar-refractivity contribution < 1.29 is 4.74 Å². The normalized spacial score (nSPS) is 19.5. The van der Waals surface area contributed by atoms with Gasteiger partial charge in [-0.3, -0.25) is 0 Å². The lowest BCUT2D eigenvalue weighted by atomic mass is 10.2. The molecule has 1 heterocycles. The predicted octanol–water partition coefficient (Wildman–Crippen LogP) is 2.95. The zero-order chi connectivity index (χ0) is 8.60. The van der Waals surface area contributed by atoms with Crippen molar-refractivity contribution in [1.82, 2.24) is 0 Å². The summed E-state index contributed by atoms with van der Waals surface area (Å²) in [6.07, 6.45) is 0. The van der Waals surface area contributed by atoms with Crippen molar-refractivity contribution in [1.29, 1.82) is 0 Å². The zero-order valence-corrected chi connectivity index (χ0v) is 8.15. The maximum atomic E-state index is 5.80. The first kappa shape index (κ1) is 7.99. The molecule has 1 nitrogen and oxygen atoms in total. The summed E-state index contributed by atoms with van der Waals surface area (Å²) in [5.74, 6) is 2.06. The van der Waals surface area contributed by atoms with Crippen LogP contribution >= 0.6 is 11.8 Å². The fourth-order valence-corrected chi connectivity index (χ4v) is 2.22. The lowest BCUT2D eigenvalue weighted by Gasteiger charge is -2.31. The Labute approximate surface area is 77.1 Å². The van der Waals surface area contributed by atoms with Crippen molar-refractivity contribution in [2.75, 3.05) is 5.75 Å². The highest BCUT2D eigenvalue weighted by Crippen LogP contribution is 2.38. The molecule has 64 valence electrons. The van der Waals surface area contributed by atoms with Gasteiger partial charge in [-0.1, -0.05) is 12.1 Å². The van der Waals surface area contributed by atoms with Crippen molar-refractivity contribution in [2.24, 2.45) is 0 Å². The summed E-state index contributed by atoms with van der Waals surface area (Å²) in [5, 5.41) is 0. The molecule has 2 rings (SSSR count). The Balaban J connectivity index is 2.35. The zero-order valence-electron chi connectivity index (χ0n) is 7.33. The molecule has 0 aliphatic carbocycles. The topological polar surface area (TPSA) is 9.23 Å². The minimum absolute atomic E-state index is 0.0149. The number of para-hydroxylation sites is 1. The summed E-state index contributed by atoms with van der Waals surface area (Å²) in [6.45, 7) is 4.24. The van der Waals surface area contributed by atoms with Crippen LogP contribution in [-0.4, -0.2) is 11.4 Å². The predicted molar refractivity (Wildman–Crippen MR) is 51.9 cm³/mol. The number of ether oxygens (including phenoxy) is 1. The van der Waals surface area contributed by atoms with Crippen LogP contribution in [0.3, 0.4) is 0 Å². The van der Waals surface area contributed by atoms with E-state index >= 15 is 0 Å². The first-order chi connectivity index (χ1) is 5.67. The number of thioether (sulfide) groups is 1. The summed E-state index contributed by atoms with van der Waals surface area (Å²) in [4.78, 5) is 1.26. The lowest BCUT2D eigenvalue weighted by molar-refractivity contribution is 0.127. The Morgan fingerprint density at radius 2 is 2.08 bits per heavy atom. The number of hydrogen-bond acceptors (Lipinski definition) is 2. The Kier molecular flexibility index (Phi) is 1.80. The van der Waals surface area contributed by atoms with Crippen molar-refractivity contribution in [3.63, 3.8) is 0 Å². The molecule has 0 aromatic heterocycles. The maximum Gasteiger partial charge on any atom is 0.133 e. The van der Waals surface area contributed by atoms with Crippen LogP contribution in [0.5, 0.6) is 5.75 Å². The highest BCUT2D eigenvalue weighted by molar-refractivity contribution is 7.99. The van der Waals surface area contributed by atoms with Gasteiger partial charge in [-0.2, -0.15) is 0 Å². The van der Waals surface area contributed by atoms with Crippen LogP contribution in [0, 0.1) is 0 Å². The smallest absolute Gasteiger partial charge is 0.133 e. The Morgan fingerprint density at radius 1 is 1.33 bits per heavy atom. The van der Waals surface area contributed by atoms with Crippen LogP contribution in [0.4, 0.5) is 0 Å². The van der Waals surface area contributed by atoms with Crippen LogP contribution in [0.15, 0.2) is 29.2 Å². The number of fused-ring (bicyclic) bond motifs is 1. The van der Waals surface area contributed by atoms with E-state index in [9.17, 15) is 0 Å². The molecule has 0 amide bonds. The molecule has 2 heteroatoms. The molecule has 0 saturated carbocycles. The molecule has 0 saturated heterocycles. The first-order valence-electron chi connectivity index (χ1n) is 4.08. The molecule has 1 aromatic carbocycles. The van der Waals surface area contributed by atoms with Gasteiger partial charge in [0.1, 0.15) is 11.4 Å². The largest absolute Gasteiger partial charge is 0.486 e. The van der Waals surface area contributed by atoms with Gasteiger partial charge in [-0.15, -0.1) is 11.8 Å². The van der Waals surface area contributed by atoms with Gasteiger partial charge in [0, 0.05) is 10.6 Å². The summed E-state index contributed by atoms with van der Waals surface area (Å²) < 4.78 is 5.80. The highest BCUT2D eigenvalue weighted by atomic mass is 32.2. The SMILES string of the molecule is CC1(C)CSc2ccccc2O1. The van der Waals surface area contributed by atoms with Gasteiger partial charge in [0.05, 0.1) is 0 Å². The second-order valence-electron chi connectivity index (χ2n) is 3.60. The quantitative estimate of drug-likeness (QED) is 0.607. The van der Waals surface area contributed by atoms with E-state index in [0.717, 1.165) is 11.5 Å². The fourth-order valence-electron chi connectivity index (χ4n) is 1.23. The monoisotopic (exact) mass is 180 g/mol. The van der Waals surface area contributed by atoms with Crippen LogP contribution in [0.2, 0.25) is 0 Å². The minimum Gasteiger partial charge on any atom is -0.486 e. The Morgan fingerprint density at radius 3 is 2.92 bits per heavy atom. The highest BCUT2D eigenvalue weighted by Gasteiger charge is 2.26. The van der Waals surface area contributed by atoms with Gasteiger partial charge >= 0.3 is 0 Å². The van der Waals surface area contributed by atoms with E-state index in [1.165, 1.54) is 4.90 Å². The van der Waals surface area contributed by atoms with E-state index in [2.05, 4.69) is 19.9 Å². The van der Waals surface area contributed by atoms with Crippen LogP contribution in [-0.2, 0) is 0 Å². The summed E-state index contributed by atoms with van der Waals surface area (Å²) >= 11 is 1.87. The van der Waals surface area contributed by atoms with Gasteiger partial charge < -0.3 is 4.74 Å². The standard InChI is InChI=1S/C10H12OS/c1-10(2)7-12-9-6-4-3-5-8(9)11-10/h3-6H,7H2,1-2H3. The molecule has 1 aromatic rings. The van der Waals surface area contributed by atoms with E-state index in [0.29, 0.717) is 0 Å².